The fraction of sp³-hybridized carbons (Fsp3) is 0.226. The number of halogens is 1. The number of aliphatic hydroxyl groups is 2. The van der Waals surface area contributed by atoms with Crippen molar-refractivity contribution in [3.05, 3.63) is 128 Å². The Morgan fingerprint density at radius 1 is 1.02 bits per heavy atom. The predicted molar refractivity (Wildman–Crippen MR) is 158 cm³/mol. The first-order valence-electron chi connectivity index (χ1n) is 13.2. The predicted octanol–water partition coefficient (Wildman–Crippen LogP) is 3.71. The Balaban J connectivity index is 1.73. The van der Waals surface area contributed by atoms with Crippen molar-refractivity contribution in [2.24, 2.45) is 0 Å². The van der Waals surface area contributed by atoms with E-state index in [4.69, 9.17) is 20.3 Å². The van der Waals surface area contributed by atoms with E-state index in [1.807, 2.05) is 84.9 Å². The number of aliphatic hydroxyl groups excluding tert-OH is 2. The van der Waals surface area contributed by atoms with Crippen molar-refractivity contribution in [2.45, 2.75) is 30.3 Å². The Bertz CT molecular complexity index is 1700. The maximum atomic E-state index is 14.0. The number of benzene rings is 3. The number of nitrogens with two attached hydrogens (primary N) is 1. The van der Waals surface area contributed by atoms with E-state index in [0.29, 0.717) is 15.9 Å². The molecule has 41 heavy (non-hydrogen) atoms. The van der Waals surface area contributed by atoms with Crippen LogP contribution < -0.4 is 16.1 Å². The molecule has 210 valence electrons. The highest BCUT2D eigenvalue weighted by Crippen LogP contribution is 2.45. The molecule has 0 radical (unpaired) electrons. The lowest BCUT2D eigenvalue weighted by Gasteiger charge is -2.36. The van der Waals surface area contributed by atoms with Crippen LogP contribution in [-0.4, -0.2) is 50.4 Å². The van der Waals surface area contributed by atoms with Crippen molar-refractivity contribution in [1.29, 1.82) is 0 Å². The third-order valence-electron chi connectivity index (χ3n) is 7.75. The van der Waals surface area contributed by atoms with E-state index in [1.54, 1.807) is 17.9 Å². The fourth-order valence-electron chi connectivity index (χ4n) is 5.83. The first kappa shape index (κ1) is 27.2. The largest absolute Gasteiger partial charge is 0.497 e. The molecule has 6 rings (SSSR count). The molecule has 0 bridgehead atoms. The van der Waals surface area contributed by atoms with Crippen LogP contribution in [0, 0.1) is 0 Å². The molecule has 0 amide bonds. The van der Waals surface area contributed by atoms with Crippen LogP contribution >= 0.6 is 15.9 Å². The summed E-state index contributed by atoms with van der Waals surface area (Å²) in [5.41, 5.74) is 1.21. The molecule has 10 heteroatoms. The lowest BCUT2D eigenvalue weighted by molar-refractivity contribution is -0.0484. The molecule has 2 aromatic heterocycles. The number of hydrogen-bond acceptors (Lipinski definition) is 7. The smallest absolute Gasteiger partial charge is 0.282 e. The first-order chi connectivity index (χ1) is 19.9. The zero-order valence-corrected chi connectivity index (χ0v) is 23.8. The van der Waals surface area contributed by atoms with Crippen LogP contribution in [0.2, 0.25) is 0 Å². The lowest BCUT2D eigenvalue weighted by atomic mass is 9.68. The molecule has 3 atom stereocenters. The van der Waals surface area contributed by atoms with Gasteiger partial charge in [-0.3, -0.25) is 4.79 Å². The van der Waals surface area contributed by atoms with Crippen molar-refractivity contribution in [2.75, 3.05) is 19.6 Å². The highest BCUT2D eigenvalue weighted by molar-refractivity contribution is 9.10. The number of rotatable bonds is 7. The molecule has 3 heterocycles. The summed E-state index contributed by atoms with van der Waals surface area (Å²) >= 11 is 3.50. The number of hydrogen-bond donors (Lipinski definition) is 3. The van der Waals surface area contributed by atoms with E-state index in [2.05, 4.69) is 15.9 Å². The van der Waals surface area contributed by atoms with Gasteiger partial charge in [0.15, 0.2) is 17.7 Å². The molecule has 0 spiro atoms. The number of nitrogen functional groups attached to an aromatic ring is 1. The van der Waals surface area contributed by atoms with Crippen LogP contribution in [0.1, 0.15) is 35.2 Å². The maximum absolute atomic E-state index is 14.0. The molecule has 3 aromatic carbocycles. The molecular weight excluding hydrogens is 588 g/mol. The molecule has 0 unspecified atom stereocenters. The van der Waals surface area contributed by atoms with E-state index in [0.717, 1.165) is 21.4 Å². The van der Waals surface area contributed by atoms with E-state index in [-0.39, 0.29) is 24.2 Å². The van der Waals surface area contributed by atoms with Gasteiger partial charge in [-0.05, 0) is 44.8 Å². The number of methoxy groups -OCH3 is 1. The summed E-state index contributed by atoms with van der Waals surface area (Å²) in [4.78, 5) is 19.1. The summed E-state index contributed by atoms with van der Waals surface area (Å²) in [6.45, 7) is -0.231. The molecular formula is C31H29BrN4O5. The summed E-state index contributed by atoms with van der Waals surface area (Å²) in [5, 5.41) is 20.7. The summed E-state index contributed by atoms with van der Waals surface area (Å²) in [6, 6.07) is 27.2. The van der Waals surface area contributed by atoms with Crippen LogP contribution in [0.4, 0.5) is 0 Å². The van der Waals surface area contributed by atoms with E-state index in [9.17, 15) is 15.0 Å². The lowest BCUT2D eigenvalue weighted by Crippen LogP contribution is -2.42. The van der Waals surface area contributed by atoms with Gasteiger partial charge in [-0.25, -0.2) is 9.66 Å². The number of nitrogens with zero attached hydrogens (tertiary/aromatic N) is 3. The molecule has 1 saturated heterocycles. The molecule has 5 aromatic rings. The molecule has 9 nitrogen and oxygen atoms in total. The summed E-state index contributed by atoms with van der Waals surface area (Å²) in [6.07, 6.45) is -0.375. The Morgan fingerprint density at radius 3 is 2.15 bits per heavy atom. The van der Waals surface area contributed by atoms with E-state index < -0.39 is 29.4 Å². The standard InChI is InChI=1S/C31H29BrN4O5/c1-40-22-14-12-21(13-15-22)31(19-8-4-2-5-9-19,20-10-6-3-7-11-20)30-34-27-26(28(39)36(30)33)24(32)17-35(27)29-25(38)16-23(18-37)41-29/h2-15,17,23,25,29,37-38H,16,18,33H2,1H3/t23-,25+,29+/m0/s1. The van der Waals surface area contributed by atoms with E-state index in [1.165, 1.54) is 0 Å². The molecule has 1 fully saturated rings. The van der Waals surface area contributed by atoms with Crippen molar-refractivity contribution in [1.82, 2.24) is 14.2 Å². The second kappa shape index (κ2) is 10.8. The van der Waals surface area contributed by atoms with Gasteiger partial charge in [0, 0.05) is 12.6 Å². The number of ether oxygens (including phenoxy) is 2. The van der Waals surface area contributed by atoms with Gasteiger partial charge in [-0.2, -0.15) is 0 Å². The van der Waals surface area contributed by atoms with E-state index >= 15 is 0 Å². The van der Waals surface area contributed by atoms with Gasteiger partial charge in [0.1, 0.15) is 22.7 Å². The van der Waals surface area contributed by atoms with Gasteiger partial charge in [0.2, 0.25) is 0 Å². The maximum Gasteiger partial charge on any atom is 0.282 e. The summed E-state index contributed by atoms with van der Waals surface area (Å²) < 4.78 is 14.6. The summed E-state index contributed by atoms with van der Waals surface area (Å²) in [7, 11) is 1.61. The van der Waals surface area contributed by atoms with Gasteiger partial charge in [-0.15, -0.1) is 0 Å². The topological polar surface area (TPSA) is 125 Å². The third kappa shape index (κ3) is 4.34. The van der Waals surface area contributed by atoms with Gasteiger partial charge in [0.25, 0.3) is 5.56 Å². The minimum absolute atomic E-state index is 0.231. The Hall–Kier alpha value is -3.96. The SMILES string of the molecule is COc1ccc(C(c2ccccc2)(c2ccccc2)c2nc3c(c(Br)cn3[C@@H]3O[C@H](CO)C[C@H]3O)c(=O)n2N)cc1. The zero-order chi connectivity index (χ0) is 28.7. The van der Waals surface area contributed by atoms with Crippen molar-refractivity contribution >= 4 is 27.0 Å². The average molecular weight is 618 g/mol. The van der Waals surface area contributed by atoms with Crippen LogP contribution in [0.25, 0.3) is 11.0 Å². The number of fused-ring (bicyclic) bond motifs is 1. The minimum atomic E-state index is -1.12. The quantitative estimate of drug-likeness (QED) is 0.188. The van der Waals surface area contributed by atoms with Crippen LogP contribution in [0.15, 0.2) is 100 Å². The Labute approximate surface area is 244 Å². The van der Waals surface area contributed by atoms with Gasteiger partial charge >= 0.3 is 0 Å². The molecule has 0 aliphatic carbocycles. The molecule has 1 aliphatic rings. The highest BCUT2D eigenvalue weighted by atomic mass is 79.9. The summed E-state index contributed by atoms with van der Waals surface area (Å²) in [5.74, 6) is 7.63. The Kier molecular flexibility index (Phi) is 7.16. The van der Waals surface area contributed by atoms with Crippen molar-refractivity contribution < 1.29 is 19.7 Å². The molecule has 4 N–H and O–H groups in total. The minimum Gasteiger partial charge on any atom is -0.497 e. The Morgan fingerprint density at radius 2 is 1.61 bits per heavy atom. The van der Waals surface area contributed by atoms with Gasteiger partial charge < -0.3 is 30.1 Å². The zero-order valence-electron chi connectivity index (χ0n) is 22.2. The number of aromatic nitrogens is 3. The first-order valence-corrected chi connectivity index (χ1v) is 14.0. The van der Waals surface area contributed by atoms with Crippen LogP contribution in [-0.2, 0) is 10.2 Å². The fourth-order valence-corrected chi connectivity index (χ4v) is 6.39. The van der Waals surface area contributed by atoms with Gasteiger partial charge in [0.05, 0.1) is 24.3 Å². The highest BCUT2D eigenvalue weighted by Gasteiger charge is 2.44. The van der Waals surface area contributed by atoms with Crippen LogP contribution in [0.5, 0.6) is 5.75 Å². The van der Waals surface area contributed by atoms with Crippen LogP contribution in [0.3, 0.4) is 0 Å². The normalized spacial score (nSPS) is 19.1. The average Bonchev–Trinajstić information content (AvgIpc) is 3.55. The third-order valence-corrected chi connectivity index (χ3v) is 8.35. The second-order valence-corrected chi connectivity index (χ2v) is 10.9. The van der Waals surface area contributed by atoms with Crippen molar-refractivity contribution in [3.63, 3.8) is 0 Å². The second-order valence-electron chi connectivity index (χ2n) is 10.0. The van der Waals surface area contributed by atoms with Gasteiger partial charge in [-0.1, -0.05) is 72.8 Å². The molecule has 0 saturated carbocycles. The molecule has 1 aliphatic heterocycles. The monoisotopic (exact) mass is 616 g/mol. The van der Waals surface area contributed by atoms with Crippen molar-refractivity contribution in [3.8, 4) is 5.75 Å².